The van der Waals surface area contributed by atoms with E-state index in [0.717, 1.165) is 19.3 Å². The molecule has 1 aliphatic carbocycles. The van der Waals surface area contributed by atoms with Crippen LogP contribution in [0.2, 0.25) is 0 Å². The zero-order chi connectivity index (χ0) is 15.5. The molecular formula is C15H22N2O4. The average Bonchev–Trinajstić information content (AvgIpc) is 2.84. The topological polar surface area (TPSA) is 91.6 Å². The van der Waals surface area contributed by atoms with Crippen molar-refractivity contribution in [2.24, 2.45) is 5.41 Å². The summed E-state index contributed by atoms with van der Waals surface area (Å²) < 4.78 is 5.08. The van der Waals surface area contributed by atoms with E-state index in [1.54, 1.807) is 6.07 Å². The van der Waals surface area contributed by atoms with Gasteiger partial charge < -0.3 is 20.2 Å². The molecule has 3 N–H and O–H groups in total. The number of rotatable bonds is 4. The number of nitrogens with one attached hydrogen (secondary N) is 2. The summed E-state index contributed by atoms with van der Waals surface area (Å²) in [6.45, 7) is 4.61. The van der Waals surface area contributed by atoms with Crippen LogP contribution in [0.4, 0.5) is 4.79 Å². The molecule has 0 aliphatic heterocycles. The fourth-order valence-corrected chi connectivity index (χ4v) is 2.81. The zero-order valence-corrected chi connectivity index (χ0v) is 12.4. The van der Waals surface area contributed by atoms with Crippen molar-refractivity contribution >= 4 is 12.0 Å². The van der Waals surface area contributed by atoms with Crippen molar-refractivity contribution in [3.05, 3.63) is 23.7 Å². The van der Waals surface area contributed by atoms with Gasteiger partial charge in [-0.15, -0.1) is 0 Å². The number of carbonyl (C=O) groups excluding carboxylic acids is 1. The molecule has 116 valence electrons. The summed E-state index contributed by atoms with van der Waals surface area (Å²) in [6.07, 6.45) is 4.29. The molecule has 6 heteroatoms. The molecule has 0 radical (unpaired) electrons. The molecule has 2 rings (SSSR count). The van der Waals surface area contributed by atoms with Crippen molar-refractivity contribution in [2.45, 2.75) is 52.1 Å². The SMILES string of the molecule is CC1(C)CCCC(NC(=O)NCc2ccc(C(=O)O)o2)C1. The molecule has 1 saturated carbocycles. The Bertz CT molecular complexity index is 521. The number of hydrogen-bond acceptors (Lipinski definition) is 3. The maximum atomic E-state index is 11.9. The van der Waals surface area contributed by atoms with Gasteiger partial charge in [-0.05, 0) is 36.8 Å². The van der Waals surface area contributed by atoms with Crippen molar-refractivity contribution in [3.63, 3.8) is 0 Å². The summed E-state index contributed by atoms with van der Waals surface area (Å²) in [7, 11) is 0. The van der Waals surface area contributed by atoms with Crippen LogP contribution in [0.5, 0.6) is 0 Å². The molecule has 0 bridgehead atoms. The number of hydrogen-bond donors (Lipinski definition) is 3. The van der Waals surface area contributed by atoms with Crippen LogP contribution in [-0.2, 0) is 6.54 Å². The van der Waals surface area contributed by atoms with Gasteiger partial charge in [-0.1, -0.05) is 20.3 Å². The Balaban J connectivity index is 1.78. The van der Waals surface area contributed by atoms with E-state index >= 15 is 0 Å². The minimum Gasteiger partial charge on any atom is -0.475 e. The number of amides is 2. The Hall–Kier alpha value is -1.98. The molecule has 1 unspecified atom stereocenters. The van der Waals surface area contributed by atoms with Gasteiger partial charge in [0.2, 0.25) is 5.76 Å². The molecule has 0 aromatic carbocycles. The van der Waals surface area contributed by atoms with Gasteiger partial charge in [-0.3, -0.25) is 0 Å². The van der Waals surface area contributed by atoms with E-state index in [-0.39, 0.29) is 29.8 Å². The molecule has 0 saturated heterocycles. The fraction of sp³-hybridized carbons (Fsp3) is 0.600. The smallest absolute Gasteiger partial charge is 0.371 e. The minimum atomic E-state index is -1.12. The lowest BCUT2D eigenvalue weighted by atomic mass is 9.75. The normalized spacial score (nSPS) is 20.8. The van der Waals surface area contributed by atoms with Crippen molar-refractivity contribution < 1.29 is 19.1 Å². The van der Waals surface area contributed by atoms with E-state index in [2.05, 4.69) is 24.5 Å². The van der Waals surface area contributed by atoms with E-state index in [1.807, 2.05) is 0 Å². The van der Waals surface area contributed by atoms with E-state index in [4.69, 9.17) is 9.52 Å². The van der Waals surface area contributed by atoms with Gasteiger partial charge in [0, 0.05) is 6.04 Å². The predicted octanol–water partition coefficient (Wildman–Crippen LogP) is 2.75. The maximum Gasteiger partial charge on any atom is 0.371 e. The summed E-state index contributed by atoms with van der Waals surface area (Å²) in [4.78, 5) is 22.5. The molecule has 0 spiro atoms. The van der Waals surface area contributed by atoms with Crippen molar-refractivity contribution in [2.75, 3.05) is 0 Å². The first-order valence-corrected chi connectivity index (χ1v) is 7.22. The first kappa shape index (κ1) is 15.4. The van der Waals surface area contributed by atoms with Crippen LogP contribution in [0.3, 0.4) is 0 Å². The first-order chi connectivity index (χ1) is 9.85. The van der Waals surface area contributed by atoms with Gasteiger partial charge in [-0.2, -0.15) is 0 Å². The molecule has 1 atom stereocenters. The molecule has 1 fully saturated rings. The second-order valence-corrected chi connectivity index (χ2v) is 6.36. The number of urea groups is 1. The minimum absolute atomic E-state index is 0.124. The molecule has 1 aromatic rings. The van der Waals surface area contributed by atoms with Crippen LogP contribution >= 0.6 is 0 Å². The van der Waals surface area contributed by atoms with Crippen LogP contribution < -0.4 is 10.6 Å². The highest BCUT2D eigenvalue weighted by molar-refractivity contribution is 5.84. The molecule has 1 heterocycles. The Morgan fingerprint density at radius 3 is 2.81 bits per heavy atom. The number of carboxylic acid groups (broad SMARTS) is 1. The molecule has 2 amide bonds. The maximum absolute atomic E-state index is 11.9. The second-order valence-electron chi connectivity index (χ2n) is 6.36. The quantitative estimate of drug-likeness (QED) is 0.796. The van der Waals surface area contributed by atoms with Crippen LogP contribution in [0, 0.1) is 5.41 Å². The molecule has 21 heavy (non-hydrogen) atoms. The third-order valence-corrected chi connectivity index (χ3v) is 3.84. The standard InChI is InChI=1S/C15H22N2O4/c1-15(2)7-3-4-10(8-15)17-14(20)16-9-11-5-6-12(21-11)13(18)19/h5-6,10H,3-4,7-9H2,1-2H3,(H,18,19)(H2,16,17,20). The van der Waals surface area contributed by atoms with Crippen LogP contribution in [0.15, 0.2) is 16.5 Å². The van der Waals surface area contributed by atoms with Crippen molar-refractivity contribution in [1.29, 1.82) is 0 Å². The molecular weight excluding hydrogens is 272 g/mol. The fourth-order valence-electron chi connectivity index (χ4n) is 2.81. The Morgan fingerprint density at radius 2 is 2.19 bits per heavy atom. The average molecular weight is 294 g/mol. The second kappa shape index (κ2) is 6.20. The molecule has 6 nitrogen and oxygen atoms in total. The van der Waals surface area contributed by atoms with Gasteiger partial charge in [0.05, 0.1) is 6.54 Å². The Labute approximate surface area is 123 Å². The number of aromatic carboxylic acids is 1. The van der Waals surface area contributed by atoms with Crippen molar-refractivity contribution in [3.8, 4) is 0 Å². The third kappa shape index (κ3) is 4.51. The lowest BCUT2D eigenvalue weighted by Gasteiger charge is -2.35. The zero-order valence-electron chi connectivity index (χ0n) is 12.4. The highest BCUT2D eigenvalue weighted by Crippen LogP contribution is 2.34. The lowest BCUT2D eigenvalue weighted by Crippen LogP contribution is -2.45. The van der Waals surface area contributed by atoms with E-state index < -0.39 is 5.97 Å². The Morgan fingerprint density at radius 1 is 1.43 bits per heavy atom. The first-order valence-electron chi connectivity index (χ1n) is 7.22. The number of furan rings is 1. The highest BCUT2D eigenvalue weighted by Gasteiger charge is 2.28. The predicted molar refractivity (Wildman–Crippen MR) is 77.1 cm³/mol. The van der Waals surface area contributed by atoms with Crippen LogP contribution in [0.1, 0.15) is 55.8 Å². The van der Waals surface area contributed by atoms with Crippen LogP contribution in [0.25, 0.3) is 0 Å². The van der Waals surface area contributed by atoms with Gasteiger partial charge >= 0.3 is 12.0 Å². The van der Waals surface area contributed by atoms with Crippen molar-refractivity contribution in [1.82, 2.24) is 10.6 Å². The van der Waals surface area contributed by atoms with E-state index in [0.29, 0.717) is 5.76 Å². The largest absolute Gasteiger partial charge is 0.475 e. The van der Waals surface area contributed by atoms with E-state index in [9.17, 15) is 9.59 Å². The number of carboxylic acids is 1. The third-order valence-electron chi connectivity index (χ3n) is 3.84. The molecule has 1 aliphatic rings. The Kier molecular flexibility index (Phi) is 4.55. The summed E-state index contributed by atoms with van der Waals surface area (Å²) in [5.74, 6) is -0.817. The summed E-state index contributed by atoms with van der Waals surface area (Å²) >= 11 is 0. The molecule has 1 aromatic heterocycles. The van der Waals surface area contributed by atoms with Gasteiger partial charge in [0.25, 0.3) is 0 Å². The monoisotopic (exact) mass is 294 g/mol. The highest BCUT2D eigenvalue weighted by atomic mass is 16.4. The number of carbonyl (C=O) groups is 2. The van der Waals surface area contributed by atoms with Gasteiger partial charge in [0.15, 0.2) is 0 Å². The summed E-state index contributed by atoms with van der Waals surface area (Å²) in [5.41, 5.74) is 0.271. The van der Waals surface area contributed by atoms with Gasteiger partial charge in [0.1, 0.15) is 5.76 Å². The summed E-state index contributed by atoms with van der Waals surface area (Å²) in [6, 6.07) is 2.87. The van der Waals surface area contributed by atoms with E-state index in [1.165, 1.54) is 12.5 Å². The van der Waals surface area contributed by atoms with Gasteiger partial charge in [-0.25, -0.2) is 9.59 Å². The lowest BCUT2D eigenvalue weighted by molar-refractivity contribution is 0.0660. The van der Waals surface area contributed by atoms with Crippen LogP contribution in [-0.4, -0.2) is 23.1 Å². The summed E-state index contributed by atoms with van der Waals surface area (Å²) in [5, 5.41) is 14.4.